The highest BCUT2D eigenvalue weighted by molar-refractivity contribution is 6.09. The number of amides is 2. The largest absolute Gasteiger partial charge is 0.464 e. The molecule has 1 N–H and O–H groups in total. The zero-order valence-corrected chi connectivity index (χ0v) is 16.1. The number of nitrogens with one attached hydrogen (secondary N) is 1. The first-order chi connectivity index (χ1) is 13.9. The Morgan fingerprint density at radius 3 is 2.41 bits per heavy atom. The second-order valence-corrected chi connectivity index (χ2v) is 7.28. The zero-order valence-electron chi connectivity index (χ0n) is 16.1. The maximum absolute atomic E-state index is 14.7. The lowest BCUT2D eigenvalue weighted by molar-refractivity contribution is -0.156. The van der Waals surface area contributed by atoms with Gasteiger partial charge in [-0.15, -0.1) is 0 Å². The molecule has 2 saturated heterocycles. The van der Waals surface area contributed by atoms with Crippen molar-refractivity contribution in [3.63, 3.8) is 0 Å². The topological polar surface area (TPSA) is 75.7 Å². The molecule has 2 fully saturated rings. The minimum absolute atomic E-state index is 0.106. The lowest BCUT2D eigenvalue weighted by Gasteiger charge is -2.33. The van der Waals surface area contributed by atoms with E-state index in [1.807, 2.05) is 0 Å². The van der Waals surface area contributed by atoms with Crippen LogP contribution in [0.5, 0.6) is 0 Å². The van der Waals surface area contributed by atoms with Gasteiger partial charge >= 0.3 is 5.97 Å². The summed E-state index contributed by atoms with van der Waals surface area (Å²) in [6.45, 7) is 1.78. The molecule has 2 aromatic rings. The molecule has 4 atom stereocenters. The van der Waals surface area contributed by atoms with Gasteiger partial charge in [-0.1, -0.05) is 48.5 Å². The number of halogens is 1. The third-order valence-electron chi connectivity index (χ3n) is 5.85. The third kappa shape index (κ3) is 2.68. The maximum Gasteiger partial charge on any atom is 0.331 e. The van der Waals surface area contributed by atoms with Crippen LogP contribution in [0.2, 0.25) is 0 Å². The highest BCUT2D eigenvalue weighted by Crippen LogP contribution is 2.53. The summed E-state index contributed by atoms with van der Waals surface area (Å²) in [5, 5.41) is 3.16. The summed E-state index contributed by atoms with van der Waals surface area (Å²) >= 11 is 0. The lowest BCUT2D eigenvalue weighted by atomic mass is 9.75. The molecular weight excluding hydrogens is 375 g/mol. The number of carbonyl (C=O) groups excluding carboxylic acids is 3. The van der Waals surface area contributed by atoms with Crippen LogP contribution in [0.15, 0.2) is 54.6 Å². The normalized spacial score (nSPS) is 28.5. The summed E-state index contributed by atoms with van der Waals surface area (Å²) in [7, 11) is 1.39. The van der Waals surface area contributed by atoms with Gasteiger partial charge in [0.2, 0.25) is 11.8 Å². The van der Waals surface area contributed by atoms with Gasteiger partial charge in [0, 0.05) is 18.7 Å². The Balaban J connectivity index is 1.96. The molecule has 2 amide bonds. The van der Waals surface area contributed by atoms with Crippen molar-refractivity contribution in [2.45, 2.75) is 18.5 Å². The van der Waals surface area contributed by atoms with Crippen LogP contribution >= 0.6 is 0 Å². The molecule has 6 nitrogen and oxygen atoms in total. The highest BCUT2D eigenvalue weighted by Gasteiger charge is 2.69. The van der Waals surface area contributed by atoms with Gasteiger partial charge in [-0.2, -0.15) is 0 Å². The Bertz CT molecular complexity index is 980. The van der Waals surface area contributed by atoms with E-state index in [2.05, 4.69) is 5.32 Å². The Morgan fingerprint density at radius 2 is 1.76 bits per heavy atom. The number of nitrogens with zero attached hydrogens (tertiary/aromatic N) is 1. The van der Waals surface area contributed by atoms with Gasteiger partial charge in [0.1, 0.15) is 5.82 Å². The fraction of sp³-hybridized carbons (Fsp3) is 0.318. The minimum Gasteiger partial charge on any atom is -0.464 e. The molecule has 29 heavy (non-hydrogen) atoms. The van der Waals surface area contributed by atoms with Gasteiger partial charge in [0.15, 0.2) is 5.54 Å². The quantitative estimate of drug-likeness (QED) is 0.633. The van der Waals surface area contributed by atoms with Crippen LogP contribution in [0.25, 0.3) is 0 Å². The summed E-state index contributed by atoms with van der Waals surface area (Å²) in [6, 6.07) is 13.9. The number of fused-ring (bicyclic) bond motifs is 1. The molecule has 0 unspecified atom stereocenters. The smallest absolute Gasteiger partial charge is 0.331 e. The number of hydrogen-bond acceptors (Lipinski definition) is 5. The number of rotatable bonds is 4. The predicted octanol–water partition coefficient (Wildman–Crippen LogP) is 2.16. The molecule has 0 bridgehead atoms. The average molecular weight is 396 g/mol. The molecule has 7 heteroatoms. The first kappa shape index (κ1) is 19.3. The number of carbonyl (C=O) groups is 3. The van der Waals surface area contributed by atoms with E-state index in [-0.39, 0.29) is 12.2 Å². The SMILES string of the molecule is CCOC(=O)[C@]1(c2ccccc2)N[C@@H](c2ccccc2F)[C@H]2C(=O)N(C)C(=O)[C@@H]21. The van der Waals surface area contributed by atoms with Crippen molar-refractivity contribution in [3.8, 4) is 0 Å². The van der Waals surface area contributed by atoms with E-state index < -0.39 is 47.0 Å². The summed E-state index contributed by atoms with van der Waals surface area (Å²) in [5.74, 6) is -4.05. The molecule has 0 aromatic heterocycles. The van der Waals surface area contributed by atoms with E-state index in [1.54, 1.807) is 55.5 Å². The number of hydrogen-bond donors (Lipinski definition) is 1. The van der Waals surface area contributed by atoms with Crippen molar-refractivity contribution in [2.24, 2.45) is 11.8 Å². The number of benzene rings is 2. The second kappa shape index (κ2) is 7.08. The van der Waals surface area contributed by atoms with Gasteiger partial charge in [0.05, 0.1) is 18.4 Å². The summed E-state index contributed by atoms with van der Waals surface area (Å²) in [4.78, 5) is 40.4. The molecule has 4 rings (SSSR count). The van der Waals surface area contributed by atoms with Crippen LogP contribution in [-0.4, -0.2) is 36.3 Å². The van der Waals surface area contributed by atoms with Crippen LogP contribution in [0.1, 0.15) is 24.1 Å². The molecule has 0 saturated carbocycles. The molecule has 2 aromatic carbocycles. The Kier molecular flexibility index (Phi) is 4.70. The molecule has 150 valence electrons. The van der Waals surface area contributed by atoms with E-state index in [4.69, 9.17) is 4.74 Å². The fourth-order valence-corrected chi connectivity index (χ4v) is 4.56. The first-order valence-corrected chi connectivity index (χ1v) is 9.49. The summed E-state index contributed by atoms with van der Waals surface area (Å²) < 4.78 is 20.0. The van der Waals surface area contributed by atoms with Crippen molar-refractivity contribution >= 4 is 17.8 Å². The van der Waals surface area contributed by atoms with Crippen molar-refractivity contribution in [1.82, 2.24) is 10.2 Å². The summed E-state index contributed by atoms with van der Waals surface area (Å²) in [5.41, 5.74) is -0.850. The Hall–Kier alpha value is -3.06. The van der Waals surface area contributed by atoms with Gasteiger partial charge < -0.3 is 4.74 Å². The van der Waals surface area contributed by atoms with Crippen molar-refractivity contribution in [2.75, 3.05) is 13.7 Å². The number of likely N-dealkylation sites (tertiary alicyclic amines) is 1. The van der Waals surface area contributed by atoms with Gasteiger partial charge in [-0.25, -0.2) is 9.18 Å². The first-order valence-electron chi connectivity index (χ1n) is 9.49. The summed E-state index contributed by atoms with van der Waals surface area (Å²) in [6.07, 6.45) is 0. The van der Waals surface area contributed by atoms with E-state index in [0.717, 1.165) is 4.90 Å². The lowest BCUT2D eigenvalue weighted by Crippen LogP contribution is -2.53. The van der Waals surface area contributed by atoms with Crippen molar-refractivity contribution in [1.29, 1.82) is 0 Å². The fourth-order valence-electron chi connectivity index (χ4n) is 4.56. The molecule has 0 spiro atoms. The Morgan fingerprint density at radius 1 is 1.10 bits per heavy atom. The van der Waals surface area contributed by atoms with Gasteiger partial charge in [0.25, 0.3) is 0 Å². The molecule has 2 heterocycles. The third-order valence-corrected chi connectivity index (χ3v) is 5.85. The highest BCUT2D eigenvalue weighted by atomic mass is 19.1. The minimum atomic E-state index is -1.59. The molecular formula is C22H21FN2O4. The monoisotopic (exact) mass is 396 g/mol. The standard InChI is InChI=1S/C22H21FN2O4/c1-3-29-21(28)22(13-9-5-4-6-10-13)17-16(19(26)25(2)20(17)27)18(24-22)14-11-7-8-12-15(14)23/h4-12,16-18,24H,3H2,1-2H3/t16-,17+,18-,22+/m0/s1. The molecule has 2 aliphatic rings. The van der Waals surface area contributed by atoms with E-state index in [1.165, 1.54) is 13.1 Å². The zero-order chi connectivity index (χ0) is 20.8. The second-order valence-electron chi connectivity index (χ2n) is 7.28. The van der Waals surface area contributed by atoms with Gasteiger partial charge in [-0.3, -0.25) is 19.8 Å². The van der Waals surface area contributed by atoms with E-state index in [9.17, 15) is 18.8 Å². The predicted molar refractivity (Wildman–Crippen MR) is 102 cm³/mol. The van der Waals surface area contributed by atoms with Crippen LogP contribution < -0.4 is 5.32 Å². The van der Waals surface area contributed by atoms with Gasteiger partial charge in [-0.05, 0) is 18.6 Å². The maximum atomic E-state index is 14.7. The molecule has 0 radical (unpaired) electrons. The van der Waals surface area contributed by atoms with Crippen LogP contribution in [-0.2, 0) is 24.7 Å². The van der Waals surface area contributed by atoms with E-state index >= 15 is 0 Å². The number of ether oxygens (including phenoxy) is 1. The number of imide groups is 1. The van der Waals surface area contributed by atoms with Crippen molar-refractivity contribution in [3.05, 3.63) is 71.5 Å². The molecule has 2 aliphatic heterocycles. The van der Waals surface area contributed by atoms with E-state index in [0.29, 0.717) is 5.56 Å². The number of esters is 1. The average Bonchev–Trinajstić information content (AvgIpc) is 3.20. The van der Waals surface area contributed by atoms with Crippen LogP contribution in [0.3, 0.4) is 0 Å². The van der Waals surface area contributed by atoms with Crippen molar-refractivity contribution < 1.29 is 23.5 Å². The van der Waals surface area contributed by atoms with Crippen LogP contribution in [0, 0.1) is 17.7 Å². The van der Waals surface area contributed by atoms with Crippen LogP contribution in [0.4, 0.5) is 4.39 Å². The Labute approximate surface area is 167 Å². The molecule has 0 aliphatic carbocycles.